The van der Waals surface area contributed by atoms with Crippen molar-refractivity contribution in [3.8, 4) is 11.3 Å². The van der Waals surface area contributed by atoms with Crippen molar-refractivity contribution in [3.63, 3.8) is 0 Å². The number of H-pyrrole nitrogens is 1. The van der Waals surface area contributed by atoms with Crippen molar-refractivity contribution in [2.75, 3.05) is 36.1 Å². The lowest BCUT2D eigenvalue weighted by molar-refractivity contribution is -0.126. The molecule has 1 fully saturated rings. The summed E-state index contributed by atoms with van der Waals surface area (Å²) in [5, 5.41) is 1.03. The number of anilines is 2. The molecule has 5 rings (SSSR count). The van der Waals surface area contributed by atoms with Crippen molar-refractivity contribution >= 4 is 34.2 Å². The van der Waals surface area contributed by atoms with Crippen LogP contribution in [0.4, 0.5) is 16.0 Å². The molecule has 1 amide bonds. The molecule has 4 heterocycles. The number of fused-ring (bicyclic) bond motifs is 1. The smallest absolute Gasteiger partial charge is 0.295 e. The molecule has 1 saturated heterocycles. The average Bonchev–Trinajstić information content (AvgIpc) is 3.39. The number of Topliss-reactive ketones (excluding diaryl/α,β-unsaturated/α-hetero) is 1. The van der Waals surface area contributed by atoms with E-state index < -0.39 is 17.5 Å². The van der Waals surface area contributed by atoms with E-state index in [1.165, 1.54) is 23.5 Å². The lowest BCUT2D eigenvalue weighted by atomic mass is 10.1. The van der Waals surface area contributed by atoms with Gasteiger partial charge in [0.15, 0.2) is 17.5 Å². The second kappa shape index (κ2) is 10.0. The van der Waals surface area contributed by atoms with E-state index in [-0.39, 0.29) is 22.3 Å². The van der Waals surface area contributed by atoms with Gasteiger partial charge in [-0.25, -0.2) is 20.2 Å². The maximum atomic E-state index is 14.7. The number of pyridine rings is 1. The summed E-state index contributed by atoms with van der Waals surface area (Å²) in [6, 6.07) is 9.72. The molecule has 1 aliphatic heterocycles. The van der Waals surface area contributed by atoms with E-state index >= 15 is 0 Å². The summed E-state index contributed by atoms with van der Waals surface area (Å²) < 4.78 is 14.7. The number of nitrogens with one attached hydrogen (secondary N) is 1. The summed E-state index contributed by atoms with van der Waals surface area (Å²) in [5.74, 6) is 4.46. The number of ketones is 1. The Kier molecular flexibility index (Phi) is 6.47. The second-order valence-corrected chi connectivity index (χ2v) is 8.33. The number of hydrazine groups is 1. The fourth-order valence-electron chi connectivity index (χ4n) is 4.37. The minimum Gasteiger partial charge on any atom is -0.403 e. The molecule has 0 bridgehead atoms. The first kappa shape index (κ1) is 23.9. The van der Waals surface area contributed by atoms with Gasteiger partial charge in [0.2, 0.25) is 0 Å². The van der Waals surface area contributed by atoms with Crippen LogP contribution in [0.2, 0.25) is 0 Å². The Balaban J connectivity index is 1.34. The molecule has 1 aromatic carbocycles. The van der Waals surface area contributed by atoms with Gasteiger partial charge in [-0.05, 0) is 0 Å². The fraction of sp³-hybridized carbons (Fsp3) is 0.160. The van der Waals surface area contributed by atoms with Gasteiger partial charge in [-0.15, -0.1) is 0 Å². The summed E-state index contributed by atoms with van der Waals surface area (Å²) in [5.41, 5.74) is 7.15. The SMILES string of the molecule is N/C=C\N(N)c1ncc(F)c2c(C(=O)C(=O)N3CCN(c4nccnc4-c4ccccc4)CC3)c[nH]c12. The number of benzene rings is 1. The predicted octanol–water partition coefficient (Wildman–Crippen LogP) is 1.80. The number of carbonyl (C=O) groups is 2. The highest BCUT2D eigenvalue weighted by molar-refractivity contribution is 6.45. The molecule has 188 valence electrons. The first-order valence-corrected chi connectivity index (χ1v) is 11.5. The van der Waals surface area contributed by atoms with Gasteiger partial charge in [-0.1, -0.05) is 30.3 Å². The summed E-state index contributed by atoms with van der Waals surface area (Å²) in [7, 11) is 0. The van der Waals surface area contributed by atoms with Crippen molar-refractivity contribution in [2.45, 2.75) is 0 Å². The highest BCUT2D eigenvalue weighted by Crippen LogP contribution is 2.29. The molecular weight excluding hydrogens is 477 g/mol. The van der Waals surface area contributed by atoms with Crippen molar-refractivity contribution < 1.29 is 14.0 Å². The zero-order valence-electron chi connectivity index (χ0n) is 19.7. The van der Waals surface area contributed by atoms with E-state index in [0.717, 1.165) is 22.5 Å². The molecule has 5 N–H and O–H groups in total. The van der Waals surface area contributed by atoms with Crippen LogP contribution in [0.25, 0.3) is 22.2 Å². The molecule has 4 aromatic rings. The van der Waals surface area contributed by atoms with Gasteiger partial charge >= 0.3 is 0 Å². The van der Waals surface area contributed by atoms with Gasteiger partial charge in [-0.3, -0.25) is 19.6 Å². The van der Waals surface area contributed by atoms with Crippen LogP contribution in [-0.2, 0) is 4.79 Å². The molecule has 0 unspecified atom stereocenters. The Morgan fingerprint density at radius 1 is 1.05 bits per heavy atom. The standard InChI is InChI=1S/C25H24FN9O2/c26-18-15-32-24(35(28)9-6-27)21-19(18)17(14-31-21)22(36)25(37)34-12-10-33(11-13-34)23-20(29-7-8-30-23)16-4-2-1-3-5-16/h1-9,14-15,31H,10-13,27-28H2/b9-6-. The van der Waals surface area contributed by atoms with Crippen LogP contribution in [0, 0.1) is 5.82 Å². The minimum absolute atomic E-state index is 0.0603. The summed E-state index contributed by atoms with van der Waals surface area (Å²) in [6.07, 6.45) is 8.03. The quantitative estimate of drug-likeness (QED) is 0.155. The van der Waals surface area contributed by atoms with Crippen molar-refractivity contribution in [2.24, 2.45) is 11.6 Å². The second-order valence-electron chi connectivity index (χ2n) is 8.33. The summed E-state index contributed by atoms with van der Waals surface area (Å²) >= 11 is 0. The number of carbonyl (C=O) groups excluding carboxylic acids is 2. The Bertz CT molecular complexity index is 1480. The monoisotopic (exact) mass is 501 g/mol. The van der Waals surface area contributed by atoms with Gasteiger partial charge in [-0.2, -0.15) is 0 Å². The van der Waals surface area contributed by atoms with Crippen LogP contribution >= 0.6 is 0 Å². The van der Waals surface area contributed by atoms with Gasteiger partial charge in [0.25, 0.3) is 11.7 Å². The van der Waals surface area contributed by atoms with Crippen LogP contribution in [-0.4, -0.2) is 62.7 Å². The molecule has 0 radical (unpaired) electrons. The van der Waals surface area contributed by atoms with Gasteiger partial charge in [0, 0.05) is 62.7 Å². The van der Waals surface area contributed by atoms with Crippen LogP contribution in [0.5, 0.6) is 0 Å². The molecule has 12 heteroatoms. The number of hydrogen-bond acceptors (Lipinski definition) is 9. The molecule has 11 nitrogen and oxygen atoms in total. The molecule has 0 aliphatic carbocycles. The first-order valence-electron chi connectivity index (χ1n) is 11.5. The van der Waals surface area contributed by atoms with Crippen LogP contribution in [0.3, 0.4) is 0 Å². The Morgan fingerprint density at radius 3 is 2.51 bits per heavy atom. The van der Waals surface area contributed by atoms with Crippen LogP contribution < -0.4 is 21.5 Å². The molecule has 37 heavy (non-hydrogen) atoms. The van der Waals surface area contributed by atoms with Gasteiger partial charge in [0.05, 0.1) is 22.7 Å². The van der Waals surface area contributed by atoms with Crippen molar-refractivity contribution in [1.29, 1.82) is 0 Å². The van der Waals surface area contributed by atoms with E-state index in [2.05, 4.69) is 19.9 Å². The Morgan fingerprint density at radius 2 is 1.78 bits per heavy atom. The predicted molar refractivity (Wildman–Crippen MR) is 137 cm³/mol. The van der Waals surface area contributed by atoms with E-state index in [1.54, 1.807) is 12.4 Å². The molecule has 1 aliphatic rings. The van der Waals surface area contributed by atoms with Crippen molar-refractivity contribution in [1.82, 2.24) is 24.8 Å². The third-order valence-electron chi connectivity index (χ3n) is 6.17. The number of rotatable bonds is 6. The number of amides is 1. The van der Waals surface area contributed by atoms with Crippen molar-refractivity contribution in [3.05, 3.63) is 78.9 Å². The normalized spacial score (nSPS) is 13.9. The molecule has 0 spiro atoms. The number of aromatic amines is 1. The number of aromatic nitrogens is 4. The van der Waals surface area contributed by atoms with E-state index in [4.69, 9.17) is 11.6 Å². The molecule has 3 aromatic heterocycles. The summed E-state index contributed by atoms with van der Waals surface area (Å²) in [6.45, 7) is 1.51. The topological polar surface area (TPSA) is 150 Å². The number of hydrogen-bond donors (Lipinski definition) is 3. The lowest BCUT2D eigenvalue weighted by Crippen LogP contribution is -2.51. The Hall–Kier alpha value is -4.84. The molecule has 0 saturated carbocycles. The highest BCUT2D eigenvalue weighted by Gasteiger charge is 2.31. The third-order valence-corrected chi connectivity index (χ3v) is 6.17. The number of piperazine rings is 1. The Labute approximate surface area is 211 Å². The van der Waals surface area contributed by atoms with Gasteiger partial charge in [0.1, 0.15) is 5.69 Å². The van der Waals surface area contributed by atoms with E-state index in [9.17, 15) is 14.0 Å². The molecular formula is C25H24FN9O2. The lowest BCUT2D eigenvalue weighted by Gasteiger charge is -2.35. The van der Waals surface area contributed by atoms with E-state index in [1.807, 2.05) is 35.2 Å². The van der Waals surface area contributed by atoms with Gasteiger partial charge < -0.3 is 20.5 Å². The average molecular weight is 502 g/mol. The third kappa shape index (κ3) is 4.45. The zero-order valence-corrected chi connectivity index (χ0v) is 19.7. The van der Waals surface area contributed by atoms with E-state index in [0.29, 0.717) is 32.0 Å². The fourth-order valence-corrected chi connectivity index (χ4v) is 4.37. The minimum atomic E-state index is -0.821. The number of nitrogens with zero attached hydrogens (tertiary/aromatic N) is 6. The highest BCUT2D eigenvalue weighted by atomic mass is 19.1. The van der Waals surface area contributed by atoms with Crippen LogP contribution in [0.15, 0.2) is 67.5 Å². The molecule has 0 atom stereocenters. The maximum absolute atomic E-state index is 14.7. The largest absolute Gasteiger partial charge is 0.403 e. The zero-order chi connectivity index (χ0) is 25.9. The first-order chi connectivity index (χ1) is 18.0. The number of halogens is 1. The van der Waals surface area contributed by atoms with Crippen LogP contribution in [0.1, 0.15) is 10.4 Å². The maximum Gasteiger partial charge on any atom is 0.295 e. The number of nitrogens with two attached hydrogens (primary N) is 2. The summed E-state index contributed by atoms with van der Waals surface area (Å²) in [4.78, 5) is 45.6.